The Morgan fingerprint density at radius 2 is 2.08 bits per heavy atom. The number of rotatable bonds is 8. The molecule has 80 valence electrons. The summed E-state index contributed by atoms with van der Waals surface area (Å²) in [5, 5.41) is 8.41. The topological polar surface area (TPSA) is 102 Å². The van der Waals surface area contributed by atoms with Crippen molar-refractivity contribution in [3.8, 4) is 0 Å². The number of aliphatic hydroxyl groups excluding tert-OH is 1. The summed E-state index contributed by atoms with van der Waals surface area (Å²) >= 11 is 0. The Morgan fingerprint density at radius 1 is 1.38 bits per heavy atom. The SMILES string of the molecule is NCCNOS(=O)(=O)CCCCO. The average Bonchev–Trinajstić information content (AvgIpc) is 2.05. The maximum Gasteiger partial charge on any atom is 0.283 e. The summed E-state index contributed by atoms with van der Waals surface area (Å²) in [5.41, 5.74) is 7.34. The average molecular weight is 212 g/mol. The Balaban J connectivity index is 3.55. The minimum atomic E-state index is -3.50. The first kappa shape index (κ1) is 12.8. The van der Waals surface area contributed by atoms with Crippen molar-refractivity contribution in [1.82, 2.24) is 5.48 Å². The molecule has 0 rings (SSSR count). The zero-order chi connectivity index (χ0) is 10.2. The Kier molecular flexibility index (Phi) is 7.10. The van der Waals surface area contributed by atoms with Crippen LogP contribution in [0.2, 0.25) is 0 Å². The molecule has 0 aliphatic carbocycles. The predicted molar refractivity (Wildman–Crippen MR) is 48.2 cm³/mol. The van der Waals surface area contributed by atoms with Crippen LogP contribution in [-0.2, 0) is 14.4 Å². The number of hydroxylamine groups is 1. The maximum atomic E-state index is 11.0. The lowest BCUT2D eigenvalue weighted by molar-refractivity contribution is 0.206. The third-order valence-electron chi connectivity index (χ3n) is 1.23. The first-order chi connectivity index (χ1) is 6.12. The second-order valence-corrected chi connectivity index (χ2v) is 4.15. The Hall–Kier alpha value is -0.210. The Bertz CT molecular complexity index is 189. The van der Waals surface area contributed by atoms with Gasteiger partial charge in [0.2, 0.25) is 0 Å². The van der Waals surface area contributed by atoms with Gasteiger partial charge in [-0.2, -0.15) is 18.2 Å². The molecule has 7 heteroatoms. The molecular formula is C6H16N2O4S. The highest BCUT2D eigenvalue weighted by Gasteiger charge is 2.09. The van der Waals surface area contributed by atoms with E-state index < -0.39 is 10.1 Å². The van der Waals surface area contributed by atoms with E-state index in [9.17, 15) is 8.42 Å². The van der Waals surface area contributed by atoms with Crippen molar-refractivity contribution < 1.29 is 17.8 Å². The Morgan fingerprint density at radius 3 is 2.62 bits per heavy atom. The minimum absolute atomic E-state index is 0.00819. The monoisotopic (exact) mass is 212 g/mol. The van der Waals surface area contributed by atoms with E-state index in [1.54, 1.807) is 0 Å². The second-order valence-electron chi connectivity index (χ2n) is 2.46. The molecule has 0 aromatic rings. The van der Waals surface area contributed by atoms with E-state index in [0.29, 0.717) is 25.9 Å². The predicted octanol–water partition coefficient (Wildman–Crippen LogP) is -1.43. The number of hydrogen-bond acceptors (Lipinski definition) is 6. The third kappa shape index (κ3) is 8.13. The van der Waals surface area contributed by atoms with Crippen LogP contribution >= 0.6 is 0 Å². The molecule has 0 aliphatic rings. The van der Waals surface area contributed by atoms with Gasteiger partial charge in [-0.25, -0.2) is 0 Å². The van der Waals surface area contributed by atoms with Gasteiger partial charge in [-0.15, -0.1) is 0 Å². The number of hydrogen-bond donors (Lipinski definition) is 3. The molecule has 6 nitrogen and oxygen atoms in total. The second kappa shape index (κ2) is 7.22. The van der Waals surface area contributed by atoms with Crippen LogP contribution in [0.15, 0.2) is 0 Å². The first-order valence-electron chi connectivity index (χ1n) is 4.07. The van der Waals surface area contributed by atoms with Crippen LogP contribution in [0.5, 0.6) is 0 Å². The molecule has 0 aromatic carbocycles. The highest BCUT2D eigenvalue weighted by atomic mass is 32.2. The van der Waals surface area contributed by atoms with Crippen LogP contribution in [0.3, 0.4) is 0 Å². The number of aliphatic hydroxyl groups is 1. The van der Waals surface area contributed by atoms with Crippen molar-refractivity contribution in [2.24, 2.45) is 5.73 Å². The molecule has 4 N–H and O–H groups in total. The van der Waals surface area contributed by atoms with E-state index in [4.69, 9.17) is 10.8 Å². The van der Waals surface area contributed by atoms with Gasteiger partial charge >= 0.3 is 0 Å². The van der Waals surface area contributed by atoms with Crippen LogP contribution in [0.25, 0.3) is 0 Å². The zero-order valence-electron chi connectivity index (χ0n) is 7.40. The van der Waals surface area contributed by atoms with Gasteiger partial charge in [-0.05, 0) is 12.8 Å². The first-order valence-corrected chi connectivity index (χ1v) is 5.65. The summed E-state index contributed by atoms with van der Waals surface area (Å²) in [4.78, 5) is 0. The van der Waals surface area contributed by atoms with Gasteiger partial charge in [0.25, 0.3) is 10.1 Å². The molecule has 0 aromatic heterocycles. The van der Waals surface area contributed by atoms with Crippen LogP contribution in [0.4, 0.5) is 0 Å². The van der Waals surface area contributed by atoms with Crippen LogP contribution in [0.1, 0.15) is 12.8 Å². The summed E-state index contributed by atoms with van der Waals surface area (Å²) in [6.45, 7) is 0.594. The van der Waals surface area contributed by atoms with E-state index in [2.05, 4.69) is 9.76 Å². The molecule has 0 amide bonds. The third-order valence-corrected chi connectivity index (χ3v) is 2.40. The fraction of sp³-hybridized carbons (Fsp3) is 1.00. The van der Waals surface area contributed by atoms with Gasteiger partial charge in [0.15, 0.2) is 0 Å². The summed E-state index contributed by atoms with van der Waals surface area (Å²) in [7, 11) is -3.50. The van der Waals surface area contributed by atoms with E-state index in [0.717, 1.165) is 0 Å². The van der Waals surface area contributed by atoms with Crippen molar-refractivity contribution in [3.63, 3.8) is 0 Å². The van der Waals surface area contributed by atoms with Crippen molar-refractivity contribution in [2.75, 3.05) is 25.4 Å². The molecule has 0 bridgehead atoms. The van der Waals surface area contributed by atoms with E-state index in [-0.39, 0.29) is 12.4 Å². The summed E-state index contributed by atoms with van der Waals surface area (Å²) < 4.78 is 26.3. The van der Waals surface area contributed by atoms with Crippen molar-refractivity contribution in [2.45, 2.75) is 12.8 Å². The van der Waals surface area contributed by atoms with E-state index in [1.807, 2.05) is 0 Å². The quantitative estimate of drug-likeness (QED) is 0.337. The number of unbranched alkanes of at least 4 members (excludes halogenated alkanes) is 1. The van der Waals surface area contributed by atoms with E-state index in [1.165, 1.54) is 0 Å². The number of nitrogens with one attached hydrogen (secondary N) is 1. The fourth-order valence-corrected chi connectivity index (χ4v) is 1.53. The van der Waals surface area contributed by atoms with Crippen molar-refractivity contribution in [1.29, 1.82) is 0 Å². The highest BCUT2D eigenvalue weighted by Crippen LogP contribution is 1.96. The lowest BCUT2D eigenvalue weighted by Crippen LogP contribution is -2.27. The normalized spacial score (nSPS) is 11.8. The van der Waals surface area contributed by atoms with Gasteiger partial charge in [-0.3, -0.25) is 0 Å². The highest BCUT2D eigenvalue weighted by molar-refractivity contribution is 7.86. The van der Waals surface area contributed by atoms with Gasteiger partial charge < -0.3 is 10.8 Å². The van der Waals surface area contributed by atoms with Gasteiger partial charge in [0, 0.05) is 19.7 Å². The van der Waals surface area contributed by atoms with Crippen molar-refractivity contribution >= 4 is 10.1 Å². The molecule has 0 aliphatic heterocycles. The van der Waals surface area contributed by atoms with Gasteiger partial charge in [0.05, 0.1) is 5.75 Å². The van der Waals surface area contributed by atoms with Gasteiger partial charge in [-0.1, -0.05) is 0 Å². The molecule has 0 spiro atoms. The Labute approximate surface area is 78.1 Å². The molecule has 0 radical (unpaired) electrons. The lowest BCUT2D eigenvalue weighted by atomic mass is 10.4. The standard InChI is InChI=1S/C6H16N2O4S/c7-3-4-8-12-13(10,11)6-2-1-5-9/h8-9H,1-7H2. The molecule has 13 heavy (non-hydrogen) atoms. The fourth-order valence-electron chi connectivity index (χ4n) is 0.623. The molecule has 0 fully saturated rings. The summed E-state index contributed by atoms with van der Waals surface area (Å²) in [6, 6.07) is 0. The van der Waals surface area contributed by atoms with Crippen LogP contribution in [-0.4, -0.2) is 39.0 Å². The molecular weight excluding hydrogens is 196 g/mol. The molecule has 0 unspecified atom stereocenters. The molecule has 0 heterocycles. The zero-order valence-corrected chi connectivity index (χ0v) is 8.22. The molecule has 0 saturated carbocycles. The largest absolute Gasteiger partial charge is 0.396 e. The summed E-state index contributed by atoms with van der Waals surface area (Å²) in [5.74, 6) is -0.0921. The minimum Gasteiger partial charge on any atom is -0.396 e. The van der Waals surface area contributed by atoms with Crippen LogP contribution in [0, 0.1) is 0 Å². The number of nitrogens with two attached hydrogens (primary N) is 1. The van der Waals surface area contributed by atoms with Gasteiger partial charge in [0.1, 0.15) is 0 Å². The maximum absolute atomic E-state index is 11.0. The molecule has 0 atom stereocenters. The molecule has 0 saturated heterocycles. The smallest absolute Gasteiger partial charge is 0.283 e. The van der Waals surface area contributed by atoms with Crippen LogP contribution < -0.4 is 11.2 Å². The summed E-state index contributed by atoms with van der Waals surface area (Å²) in [6.07, 6.45) is 0.850. The van der Waals surface area contributed by atoms with Crippen molar-refractivity contribution in [3.05, 3.63) is 0 Å². The van der Waals surface area contributed by atoms with E-state index >= 15 is 0 Å². The lowest BCUT2D eigenvalue weighted by Gasteiger charge is -2.04.